The van der Waals surface area contributed by atoms with Crippen molar-refractivity contribution in [2.24, 2.45) is 0 Å². The Morgan fingerprint density at radius 3 is 1.96 bits per heavy atom. The fourth-order valence-electron chi connectivity index (χ4n) is 5.01. The van der Waals surface area contributed by atoms with Crippen molar-refractivity contribution in [1.82, 2.24) is 4.90 Å². The van der Waals surface area contributed by atoms with E-state index >= 15 is 0 Å². The van der Waals surface area contributed by atoms with Crippen LogP contribution in [-0.4, -0.2) is 68.1 Å². The molecule has 45 heavy (non-hydrogen) atoms. The molecule has 10 nitrogen and oxygen atoms in total. The number of anilines is 4. The van der Waals surface area contributed by atoms with Crippen LogP contribution in [0.25, 0.3) is 11.3 Å². The summed E-state index contributed by atoms with van der Waals surface area (Å²) in [5.74, 6) is -0.342. The van der Waals surface area contributed by atoms with Gasteiger partial charge in [-0.05, 0) is 74.3 Å². The normalized spacial score (nSPS) is 14.1. The minimum Gasteiger partial charge on any atom is -0.354 e. The van der Waals surface area contributed by atoms with E-state index < -0.39 is 20.0 Å². The number of carbonyl (C=O) groups is 1. The second-order valence-electron chi connectivity index (χ2n) is 10.9. The molecule has 1 amide bonds. The van der Waals surface area contributed by atoms with E-state index in [0.717, 1.165) is 5.56 Å². The molecule has 0 unspecified atom stereocenters. The van der Waals surface area contributed by atoms with Crippen LogP contribution < -0.4 is 19.2 Å². The van der Waals surface area contributed by atoms with Gasteiger partial charge in [0.2, 0.25) is 10.0 Å². The third-order valence-electron chi connectivity index (χ3n) is 7.40. The van der Waals surface area contributed by atoms with Crippen molar-refractivity contribution in [3.05, 3.63) is 114 Å². The quantitative estimate of drug-likeness (QED) is 0.226. The van der Waals surface area contributed by atoms with Gasteiger partial charge in [0.25, 0.3) is 15.9 Å². The van der Waals surface area contributed by atoms with E-state index in [0.29, 0.717) is 52.7 Å². The van der Waals surface area contributed by atoms with E-state index in [-0.39, 0.29) is 10.8 Å². The zero-order valence-corrected chi connectivity index (χ0v) is 27.1. The molecule has 12 heteroatoms. The van der Waals surface area contributed by atoms with Gasteiger partial charge in [-0.15, -0.1) is 0 Å². The van der Waals surface area contributed by atoms with Crippen molar-refractivity contribution in [1.29, 1.82) is 0 Å². The first-order valence-electron chi connectivity index (χ1n) is 14.2. The van der Waals surface area contributed by atoms with Crippen molar-refractivity contribution in [3.63, 3.8) is 0 Å². The van der Waals surface area contributed by atoms with Gasteiger partial charge in [-0.3, -0.25) is 13.4 Å². The number of rotatable bonds is 11. The summed E-state index contributed by atoms with van der Waals surface area (Å²) < 4.78 is 54.3. The molecule has 0 radical (unpaired) electrons. The highest BCUT2D eigenvalue weighted by atomic mass is 32.2. The van der Waals surface area contributed by atoms with Crippen LogP contribution in [0.3, 0.4) is 0 Å². The van der Waals surface area contributed by atoms with E-state index in [1.54, 1.807) is 60.7 Å². The summed E-state index contributed by atoms with van der Waals surface area (Å²) in [5, 5.41) is 6.28. The molecule has 2 N–H and O–H groups in total. The highest BCUT2D eigenvalue weighted by Crippen LogP contribution is 2.40. The summed E-state index contributed by atoms with van der Waals surface area (Å²) >= 11 is 0. The predicted molar refractivity (Wildman–Crippen MR) is 181 cm³/mol. The lowest BCUT2D eigenvalue weighted by molar-refractivity contribution is -0.110. The molecule has 1 aliphatic rings. The molecule has 4 aromatic rings. The molecule has 0 saturated heterocycles. The number of nitrogens with zero attached hydrogens (tertiary/aromatic N) is 3. The topological polar surface area (TPSA) is 119 Å². The lowest BCUT2D eigenvalue weighted by atomic mass is 9.99. The van der Waals surface area contributed by atoms with Crippen LogP contribution >= 0.6 is 0 Å². The van der Waals surface area contributed by atoms with Gasteiger partial charge in [0.1, 0.15) is 0 Å². The average molecular weight is 646 g/mol. The maximum Gasteiger partial charge on any atom is 0.264 e. The van der Waals surface area contributed by atoms with E-state index in [9.17, 15) is 21.6 Å². The van der Waals surface area contributed by atoms with Crippen LogP contribution in [0.2, 0.25) is 0 Å². The summed E-state index contributed by atoms with van der Waals surface area (Å²) in [5.41, 5.74) is 4.24. The SMILES string of the molecule is CN(C)CCN(c1ccc(NC(=C2C(=O)Nc3ccc(N(C)S(=O)(=O)c4ccccc4)cc32)c2ccccc2)cc1)S(C)(=O)=O. The molecule has 5 rings (SSSR count). The molecule has 0 spiro atoms. The molecule has 1 heterocycles. The van der Waals surface area contributed by atoms with E-state index in [4.69, 9.17) is 0 Å². The Hall–Kier alpha value is -4.65. The Balaban J connectivity index is 1.55. The van der Waals surface area contributed by atoms with Gasteiger partial charge in [-0.1, -0.05) is 48.5 Å². The van der Waals surface area contributed by atoms with Gasteiger partial charge >= 0.3 is 0 Å². The highest BCUT2D eigenvalue weighted by Gasteiger charge is 2.31. The molecule has 0 bridgehead atoms. The molecule has 0 aliphatic carbocycles. The number of hydrogen-bond donors (Lipinski definition) is 2. The number of nitrogens with one attached hydrogen (secondary N) is 2. The third kappa shape index (κ3) is 6.88. The molecular formula is C33H35N5O5S2. The predicted octanol–water partition coefficient (Wildman–Crippen LogP) is 4.77. The number of carbonyl (C=O) groups excluding carboxylic acids is 1. The molecule has 0 fully saturated rings. The third-order valence-corrected chi connectivity index (χ3v) is 10.4. The smallest absolute Gasteiger partial charge is 0.264 e. The minimum atomic E-state index is -3.85. The monoisotopic (exact) mass is 645 g/mol. The van der Waals surface area contributed by atoms with Crippen LogP contribution in [0.1, 0.15) is 11.1 Å². The lowest BCUT2D eigenvalue weighted by Gasteiger charge is -2.24. The van der Waals surface area contributed by atoms with E-state index in [2.05, 4.69) is 10.6 Å². The van der Waals surface area contributed by atoms with Crippen molar-refractivity contribution in [3.8, 4) is 0 Å². The van der Waals surface area contributed by atoms with Crippen LogP contribution in [0, 0.1) is 0 Å². The first kappa shape index (κ1) is 31.8. The second kappa shape index (κ2) is 12.8. The maximum atomic E-state index is 13.5. The number of hydrogen-bond acceptors (Lipinski definition) is 7. The molecule has 0 saturated carbocycles. The maximum absolute atomic E-state index is 13.5. The Bertz CT molecular complexity index is 1950. The van der Waals surface area contributed by atoms with Crippen molar-refractivity contribution >= 4 is 60.0 Å². The first-order chi connectivity index (χ1) is 21.4. The molecular weight excluding hydrogens is 611 g/mol. The average Bonchev–Trinajstić information content (AvgIpc) is 3.34. The minimum absolute atomic E-state index is 0.157. The summed E-state index contributed by atoms with van der Waals surface area (Å²) in [6.45, 7) is 0.849. The molecule has 234 valence electrons. The molecule has 4 aromatic carbocycles. The van der Waals surface area contributed by atoms with Gasteiger partial charge in [0, 0.05) is 37.1 Å². The number of likely N-dealkylation sites (N-methyl/N-ethyl adjacent to an activating group) is 1. The van der Waals surface area contributed by atoms with Crippen LogP contribution in [-0.2, 0) is 24.8 Å². The second-order valence-corrected chi connectivity index (χ2v) is 14.8. The zero-order valence-electron chi connectivity index (χ0n) is 25.4. The van der Waals surface area contributed by atoms with Crippen LogP contribution in [0.4, 0.5) is 22.7 Å². The van der Waals surface area contributed by atoms with Crippen LogP contribution in [0.15, 0.2) is 108 Å². The molecule has 0 atom stereocenters. The van der Waals surface area contributed by atoms with E-state index in [1.807, 2.05) is 49.3 Å². The first-order valence-corrected chi connectivity index (χ1v) is 17.4. The van der Waals surface area contributed by atoms with Crippen LogP contribution in [0.5, 0.6) is 0 Å². The summed E-state index contributed by atoms with van der Waals surface area (Å²) in [6.07, 6.45) is 1.18. The van der Waals surface area contributed by atoms with Gasteiger partial charge in [0.05, 0.1) is 33.8 Å². The van der Waals surface area contributed by atoms with E-state index in [1.165, 1.54) is 34.0 Å². The molecule has 1 aliphatic heterocycles. The Kier molecular flexibility index (Phi) is 9.01. The summed E-state index contributed by atoms with van der Waals surface area (Å²) in [4.78, 5) is 15.6. The van der Waals surface area contributed by atoms with Gasteiger partial charge in [0.15, 0.2) is 0 Å². The fourth-order valence-corrected chi connectivity index (χ4v) is 7.13. The van der Waals surface area contributed by atoms with Crippen molar-refractivity contribution < 1.29 is 21.6 Å². The Labute approximate surface area is 264 Å². The van der Waals surface area contributed by atoms with Crippen molar-refractivity contribution in [2.45, 2.75) is 4.90 Å². The number of benzene rings is 4. The lowest BCUT2D eigenvalue weighted by Crippen LogP contribution is -2.35. The van der Waals surface area contributed by atoms with Crippen molar-refractivity contribution in [2.75, 3.05) is 59.7 Å². The van der Waals surface area contributed by atoms with Gasteiger partial charge < -0.3 is 15.5 Å². The molecule has 0 aromatic heterocycles. The fraction of sp³-hybridized carbons (Fsp3) is 0.182. The Morgan fingerprint density at radius 1 is 0.756 bits per heavy atom. The summed E-state index contributed by atoms with van der Waals surface area (Å²) in [6, 6.07) is 29.5. The zero-order chi connectivity index (χ0) is 32.4. The van der Waals surface area contributed by atoms with Gasteiger partial charge in [-0.2, -0.15) is 0 Å². The summed E-state index contributed by atoms with van der Waals surface area (Å²) in [7, 11) is -2.11. The largest absolute Gasteiger partial charge is 0.354 e. The number of fused-ring (bicyclic) bond motifs is 1. The number of amides is 1. The standard InChI is InChI=1S/C33H35N5O5S2/c1-36(2)21-22-38(44(4,40)41)26-17-15-25(16-18-26)34-32(24-11-7-5-8-12-24)31-29-23-27(19-20-30(29)35-33(31)39)37(3)45(42,43)28-13-9-6-10-14-28/h5-20,23,34H,21-22H2,1-4H3,(H,35,39). The Morgan fingerprint density at radius 2 is 1.36 bits per heavy atom. The highest BCUT2D eigenvalue weighted by molar-refractivity contribution is 7.92. The van der Waals surface area contributed by atoms with Gasteiger partial charge in [-0.25, -0.2) is 16.8 Å². The number of sulfonamides is 2.